The van der Waals surface area contributed by atoms with E-state index in [1.165, 1.54) is 11.0 Å². The highest BCUT2D eigenvalue weighted by molar-refractivity contribution is 5.86. The van der Waals surface area contributed by atoms with Gasteiger partial charge in [0.2, 0.25) is 0 Å². The first-order valence-corrected chi connectivity index (χ1v) is 8.07. The van der Waals surface area contributed by atoms with Crippen LogP contribution < -0.4 is 0 Å². The number of likely N-dealkylation sites (tertiary alicyclic amines) is 1. The highest BCUT2D eigenvalue weighted by atomic mass is 19.2. The number of hydrogen-bond acceptors (Lipinski definition) is 3. The van der Waals surface area contributed by atoms with Gasteiger partial charge in [-0.15, -0.1) is 0 Å². The molecule has 1 fully saturated rings. The molecule has 2 rings (SSSR count). The molecule has 0 saturated carbocycles. The average Bonchev–Trinajstić information content (AvgIpc) is 2.53. The van der Waals surface area contributed by atoms with Crippen LogP contribution in [0, 0.1) is 11.6 Å². The van der Waals surface area contributed by atoms with Gasteiger partial charge in [-0.2, -0.15) is 0 Å². The standard InChI is InChI=1S/C17H24F2N2O2/c1-3-20(4-2)12-17(23)8-5-9-21(16(17)22)11-13-6-7-14(18)15(19)10-13/h6-7,10,23H,3-5,8-9,11-12H2,1-2H3/t17-/m0/s1. The molecule has 1 N–H and O–H groups in total. The smallest absolute Gasteiger partial charge is 0.256 e. The first-order valence-electron chi connectivity index (χ1n) is 8.07. The molecule has 4 nitrogen and oxygen atoms in total. The van der Waals surface area contributed by atoms with Gasteiger partial charge in [0.25, 0.3) is 5.91 Å². The third-order valence-corrected chi connectivity index (χ3v) is 4.44. The molecule has 1 aliphatic rings. The van der Waals surface area contributed by atoms with Gasteiger partial charge >= 0.3 is 0 Å². The fourth-order valence-electron chi connectivity index (χ4n) is 3.04. The topological polar surface area (TPSA) is 43.8 Å². The van der Waals surface area contributed by atoms with Crippen molar-refractivity contribution in [3.05, 3.63) is 35.4 Å². The highest BCUT2D eigenvalue weighted by Crippen LogP contribution is 2.25. The lowest BCUT2D eigenvalue weighted by Gasteiger charge is -2.40. The number of likely N-dealkylation sites (N-methyl/N-ethyl adjacent to an activating group) is 1. The molecule has 6 heteroatoms. The molecule has 0 radical (unpaired) electrons. The van der Waals surface area contributed by atoms with Crippen molar-refractivity contribution in [3.8, 4) is 0 Å². The Hall–Kier alpha value is -1.53. The summed E-state index contributed by atoms with van der Waals surface area (Å²) in [7, 11) is 0. The third kappa shape index (κ3) is 4.06. The van der Waals surface area contributed by atoms with Crippen LogP contribution in [0.4, 0.5) is 8.78 Å². The number of hydrogen-bond donors (Lipinski definition) is 1. The van der Waals surface area contributed by atoms with Crippen LogP contribution >= 0.6 is 0 Å². The number of carbonyl (C=O) groups is 1. The molecule has 1 aromatic rings. The summed E-state index contributed by atoms with van der Waals surface area (Å²) in [5.74, 6) is -2.16. The molecule has 0 spiro atoms. The first-order chi connectivity index (χ1) is 10.9. The van der Waals surface area contributed by atoms with Gasteiger partial charge in [0.1, 0.15) is 0 Å². The summed E-state index contributed by atoms with van der Waals surface area (Å²) in [5, 5.41) is 10.8. The van der Waals surface area contributed by atoms with Gasteiger partial charge in [-0.1, -0.05) is 19.9 Å². The van der Waals surface area contributed by atoms with Crippen LogP contribution in [0.15, 0.2) is 18.2 Å². The van der Waals surface area contributed by atoms with E-state index in [0.29, 0.717) is 31.5 Å². The zero-order valence-corrected chi connectivity index (χ0v) is 13.7. The zero-order valence-electron chi connectivity index (χ0n) is 13.7. The molecule has 0 aromatic heterocycles. The van der Waals surface area contributed by atoms with Crippen LogP contribution in [-0.4, -0.2) is 52.6 Å². The van der Waals surface area contributed by atoms with E-state index < -0.39 is 17.2 Å². The van der Waals surface area contributed by atoms with Crippen molar-refractivity contribution < 1.29 is 18.7 Å². The normalized spacial score (nSPS) is 22.0. The van der Waals surface area contributed by atoms with E-state index in [4.69, 9.17) is 0 Å². The van der Waals surface area contributed by atoms with E-state index in [1.54, 1.807) is 0 Å². The van der Waals surface area contributed by atoms with Gasteiger partial charge in [0, 0.05) is 19.6 Å². The second-order valence-corrected chi connectivity index (χ2v) is 6.07. The van der Waals surface area contributed by atoms with Crippen molar-refractivity contribution >= 4 is 5.91 Å². The number of aliphatic hydroxyl groups is 1. The number of amides is 1. The number of piperidine rings is 1. The molecule has 128 valence electrons. The quantitative estimate of drug-likeness (QED) is 0.871. The van der Waals surface area contributed by atoms with Gasteiger partial charge in [-0.25, -0.2) is 8.78 Å². The predicted molar refractivity (Wildman–Crippen MR) is 83.7 cm³/mol. The molecular formula is C17H24F2N2O2. The third-order valence-electron chi connectivity index (χ3n) is 4.44. The van der Waals surface area contributed by atoms with E-state index >= 15 is 0 Å². The zero-order chi connectivity index (χ0) is 17.0. The first kappa shape index (κ1) is 17.8. The second-order valence-electron chi connectivity index (χ2n) is 6.07. The number of rotatable bonds is 6. The van der Waals surface area contributed by atoms with Gasteiger partial charge in [0.15, 0.2) is 17.2 Å². The average molecular weight is 326 g/mol. The summed E-state index contributed by atoms with van der Waals surface area (Å²) in [6.45, 7) is 6.48. The van der Waals surface area contributed by atoms with E-state index in [0.717, 1.165) is 25.2 Å². The second kappa shape index (κ2) is 7.36. The minimum absolute atomic E-state index is 0.177. The minimum atomic E-state index is -1.40. The van der Waals surface area contributed by atoms with Gasteiger partial charge in [-0.3, -0.25) is 4.79 Å². The molecule has 1 amide bonds. The minimum Gasteiger partial charge on any atom is -0.379 e. The van der Waals surface area contributed by atoms with Crippen molar-refractivity contribution in [1.29, 1.82) is 0 Å². The Morgan fingerprint density at radius 1 is 1.26 bits per heavy atom. The van der Waals surface area contributed by atoms with E-state index in [9.17, 15) is 18.7 Å². The summed E-state index contributed by atoms with van der Waals surface area (Å²) >= 11 is 0. The fraction of sp³-hybridized carbons (Fsp3) is 0.588. The number of carbonyl (C=O) groups excluding carboxylic acids is 1. The summed E-state index contributed by atoms with van der Waals surface area (Å²) in [5.41, 5.74) is -0.882. The van der Waals surface area contributed by atoms with E-state index in [-0.39, 0.29) is 12.5 Å². The molecule has 1 aliphatic heterocycles. The molecule has 1 heterocycles. The fourth-order valence-corrected chi connectivity index (χ4v) is 3.04. The maximum Gasteiger partial charge on any atom is 0.256 e. The Balaban J connectivity index is 2.11. The maximum absolute atomic E-state index is 13.3. The lowest BCUT2D eigenvalue weighted by Crippen LogP contribution is -2.58. The monoisotopic (exact) mass is 326 g/mol. The van der Waals surface area contributed by atoms with E-state index in [1.807, 2.05) is 18.7 Å². The molecule has 0 aliphatic carbocycles. The van der Waals surface area contributed by atoms with Crippen LogP contribution in [-0.2, 0) is 11.3 Å². The molecule has 0 unspecified atom stereocenters. The lowest BCUT2D eigenvalue weighted by molar-refractivity contribution is -0.160. The van der Waals surface area contributed by atoms with Crippen LogP contribution in [0.1, 0.15) is 32.3 Å². The van der Waals surface area contributed by atoms with Crippen LogP contribution in [0.3, 0.4) is 0 Å². The summed E-state index contributed by atoms with van der Waals surface area (Å²) < 4.78 is 26.3. The van der Waals surface area contributed by atoms with E-state index in [2.05, 4.69) is 0 Å². The Kier molecular flexibility index (Phi) is 5.70. The molecule has 0 bridgehead atoms. The van der Waals surface area contributed by atoms with Crippen LogP contribution in [0.5, 0.6) is 0 Å². The molecule has 1 aromatic carbocycles. The van der Waals surface area contributed by atoms with Gasteiger partial charge in [0.05, 0.1) is 0 Å². The molecular weight excluding hydrogens is 302 g/mol. The Morgan fingerprint density at radius 2 is 1.96 bits per heavy atom. The van der Waals surface area contributed by atoms with Crippen molar-refractivity contribution in [1.82, 2.24) is 9.80 Å². The number of benzene rings is 1. The Labute approximate surface area is 135 Å². The largest absolute Gasteiger partial charge is 0.379 e. The molecule has 23 heavy (non-hydrogen) atoms. The number of halogens is 2. The maximum atomic E-state index is 13.3. The van der Waals surface area contributed by atoms with Crippen LogP contribution in [0.2, 0.25) is 0 Å². The summed E-state index contributed by atoms with van der Waals surface area (Å²) in [6, 6.07) is 3.62. The van der Waals surface area contributed by atoms with Crippen LogP contribution in [0.25, 0.3) is 0 Å². The lowest BCUT2D eigenvalue weighted by atomic mass is 9.90. The summed E-state index contributed by atoms with van der Waals surface area (Å²) in [4.78, 5) is 16.2. The summed E-state index contributed by atoms with van der Waals surface area (Å²) in [6.07, 6.45) is 1.11. The SMILES string of the molecule is CCN(CC)C[C@@]1(O)CCCN(Cc2ccc(F)c(F)c2)C1=O. The van der Waals surface area contributed by atoms with Crippen molar-refractivity contribution in [3.63, 3.8) is 0 Å². The Bertz CT molecular complexity index is 564. The van der Waals surface area contributed by atoms with Crippen molar-refractivity contribution in [2.24, 2.45) is 0 Å². The molecule has 1 atom stereocenters. The number of nitrogens with zero attached hydrogens (tertiary/aromatic N) is 2. The van der Waals surface area contributed by atoms with Gasteiger partial charge in [-0.05, 0) is 43.6 Å². The van der Waals surface area contributed by atoms with Crippen molar-refractivity contribution in [2.75, 3.05) is 26.2 Å². The van der Waals surface area contributed by atoms with Crippen molar-refractivity contribution in [2.45, 2.75) is 38.8 Å². The van der Waals surface area contributed by atoms with Gasteiger partial charge < -0.3 is 14.9 Å². The molecule has 1 saturated heterocycles. The predicted octanol–water partition coefficient (Wildman–Crippen LogP) is 2.16. The highest BCUT2D eigenvalue weighted by Gasteiger charge is 2.42. The Morgan fingerprint density at radius 3 is 2.57 bits per heavy atom.